The first-order valence-corrected chi connectivity index (χ1v) is 9.98. The third-order valence-corrected chi connectivity index (χ3v) is 5.05. The van der Waals surface area contributed by atoms with Gasteiger partial charge < -0.3 is 4.90 Å². The van der Waals surface area contributed by atoms with Crippen LogP contribution in [-0.4, -0.2) is 39.2 Å². The fraction of sp³-hybridized carbons (Fsp3) is 0.421. The molecule has 0 saturated carbocycles. The lowest BCUT2D eigenvalue weighted by Gasteiger charge is -2.21. The molecular formula is C19H24ClN3O2S. The number of hydrogen-bond donors (Lipinski definition) is 0. The molecule has 1 amide bonds. The molecule has 0 aliphatic rings. The number of carbonyl (C=O) groups excluding carboxylic acids is 1. The van der Waals surface area contributed by atoms with Gasteiger partial charge in [0.05, 0.1) is 16.7 Å². The number of likely N-dealkylation sites (N-methyl/N-ethyl adjacent to an activating group) is 1. The van der Waals surface area contributed by atoms with Gasteiger partial charge in [-0.2, -0.15) is 0 Å². The highest BCUT2D eigenvalue weighted by Crippen LogP contribution is 2.21. The van der Waals surface area contributed by atoms with Gasteiger partial charge >= 0.3 is 0 Å². The van der Waals surface area contributed by atoms with Gasteiger partial charge in [-0.05, 0) is 38.5 Å². The van der Waals surface area contributed by atoms with Crippen molar-refractivity contribution >= 4 is 40.2 Å². The lowest BCUT2D eigenvalue weighted by molar-refractivity contribution is -0.127. The highest BCUT2D eigenvalue weighted by atomic mass is 35.5. The second-order valence-corrected chi connectivity index (χ2v) is 7.55. The first kappa shape index (κ1) is 20.5. The molecule has 0 atom stereocenters. The number of carbonyl (C=O) groups is 1. The number of nitrogens with zero attached hydrogens (tertiary/aromatic N) is 3. The monoisotopic (exact) mass is 393 g/mol. The number of rotatable bonds is 8. The fourth-order valence-electron chi connectivity index (χ4n) is 2.62. The van der Waals surface area contributed by atoms with E-state index in [4.69, 9.17) is 11.6 Å². The van der Waals surface area contributed by atoms with Crippen LogP contribution in [0.15, 0.2) is 40.3 Å². The van der Waals surface area contributed by atoms with Gasteiger partial charge in [0.15, 0.2) is 5.16 Å². The minimum Gasteiger partial charge on any atom is -0.338 e. The Kier molecular flexibility index (Phi) is 7.29. The van der Waals surface area contributed by atoms with Gasteiger partial charge in [-0.15, -0.1) is 0 Å². The van der Waals surface area contributed by atoms with Crippen LogP contribution in [0.2, 0.25) is 5.02 Å². The number of benzene rings is 1. The van der Waals surface area contributed by atoms with E-state index in [1.807, 2.05) is 20.8 Å². The number of halogens is 1. The molecule has 0 unspecified atom stereocenters. The van der Waals surface area contributed by atoms with E-state index in [1.54, 1.807) is 27.7 Å². The SMILES string of the molecule is C=C(C)CN(CC)C(=O)CSc1nc2cc(Cl)ccc2c(=O)n1CCC. The van der Waals surface area contributed by atoms with Crippen molar-refractivity contribution < 1.29 is 4.79 Å². The lowest BCUT2D eigenvalue weighted by Crippen LogP contribution is -2.33. The van der Waals surface area contributed by atoms with Crippen LogP contribution in [0.25, 0.3) is 10.9 Å². The Morgan fingerprint density at radius 2 is 2.12 bits per heavy atom. The van der Waals surface area contributed by atoms with E-state index < -0.39 is 0 Å². The number of amides is 1. The summed E-state index contributed by atoms with van der Waals surface area (Å²) in [4.78, 5) is 31.6. The van der Waals surface area contributed by atoms with Gasteiger partial charge in [-0.25, -0.2) is 4.98 Å². The standard InChI is InChI=1S/C19H24ClN3O2S/c1-5-9-23-18(25)15-8-7-14(20)10-16(15)21-19(23)26-12-17(24)22(6-2)11-13(3)4/h7-8,10H,3,5-6,9,11-12H2,1-2,4H3. The Hall–Kier alpha value is -1.79. The summed E-state index contributed by atoms with van der Waals surface area (Å²) < 4.78 is 1.64. The van der Waals surface area contributed by atoms with E-state index in [-0.39, 0.29) is 17.2 Å². The predicted octanol–water partition coefficient (Wildman–Crippen LogP) is 3.98. The van der Waals surface area contributed by atoms with Crippen molar-refractivity contribution in [2.75, 3.05) is 18.8 Å². The maximum absolute atomic E-state index is 12.8. The lowest BCUT2D eigenvalue weighted by atomic mass is 10.2. The molecule has 0 fully saturated rings. The van der Waals surface area contributed by atoms with Crippen LogP contribution in [0.1, 0.15) is 27.2 Å². The maximum Gasteiger partial charge on any atom is 0.262 e. The molecule has 0 spiro atoms. The molecule has 2 rings (SSSR count). The van der Waals surface area contributed by atoms with Crippen LogP contribution < -0.4 is 5.56 Å². The molecule has 0 aliphatic carbocycles. The second-order valence-electron chi connectivity index (χ2n) is 6.17. The smallest absolute Gasteiger partial charge is 0.262 e. The zero-order valence-electron chi connectivity index (χ0n) is 15.4. The van der Waals surface area contributed by atoms with Gasteiger partial charge in [0.1, 0.15) is 0 Å². The average molecular weight is 394 g/mol. The zero-order valence-corrected chi connectivity index (χ0v) is 17.0. The molecule has 1 heterocycles. The summed E-state index contributed by atoms with van der Waals surface area (Å²) in [6.45, 7) is 11.4. The quantitative estimate of drug-likeness (QED) is 0.386. The Labute approximate surface area is 163 Å². The highest BCUT2D eigenvalue weighted by molar-refractivity contribution is 7.99. The molecule has 0 N–H and O–H groups in total. The third kappa shape index (κ3) is 4.89. The number of thioether (sulfide) groups is 1. The largest absolute Gasteiger partial charge is 0.338 e. The average Bonchev–Trinajstić information content (AvgIpc) is 2.59. The molecule has 0 aliphatic heterocycles. The van der Waals surface area contributed by atoms with Crippen molar-refractivity contribution in [2.45, 2.75) is 38.9 Å². The molecule has 0 saturated heterocycles. The van der Waals surface area contributed by atoms with Gasteiger partial charge in [0.2, 0.25) is 5.91 Å². The number of aromatic nitrogens is 2. The van der Waals surface area contributed by atoms with Crippen molar-refractivity contribution in [2.24, 2.45) is 0 Å². The molecule has 140 valence electrons. The van der Waals surface area contributed by atoms with E-state index in [0.29, 0.717) is 40.7 Å². The Bertz CT molecular complexity index is 879. The molecule has 5 nitrogen and oxygen atoms in total. The van der Waals surface area contributed by atoms with Crippen molar-refractivity contribution in [3.63, 3.8) is 0 Å². The van der Waals surface area contributed by atoms with E-state index in [9.17, 15) is 9.59 Å². The molecule has 26 heavy (non-hydrogen) atoms. The maximum atomic E-state index is 12.8. The molecule has 0 radical (unpaired) electrons. The molecule has 2 aromatic rings. The van der Waals surface area contributed by atoms with Crippen molar-refractivity contribution in [3.05, 3.63) is 45.7 Å². The summed E-state index contributed by atoms with van der Waals surface area (Å²) in [5.41, 5.74) is 1.39. The van der Waals surface area contributed by atoms with Crippen LogP contribution in [0.3, 0.4) is 0 Å². The van der Waals surface area contributed by atoms with E-state index in [2.05, 4.69) is 11.6 Å². The first-order chi connectivity index (χ1) is 12.4. The minimum atomic E-state index is -0.0993. The second kappa shape index (κ2) is 9.24. The molecule has 1 aromatic carbocycles. The van der Waals surface area contributed by atoms with Crippen LogP contribution >= 0.6 is 23.4 Å². The van der Waals surface area contributed by atoms with Crippen LogP contribution in [0.5, 0.6) is 0 Å². The van der Waals surface area contributed by atoms with E-state index in [1.165, 1.54) is 11.8 Å². The van der Waals surface area contributed by atoms with Crippen molar-refractivity contribution in [3.8, 4) is 0 Å². The zero-order chi connectivity index (χ0) is 19.3. The predicted molar refractivity (Wildman–Crippen MR) is 109 cm³/mol. The first-order valence-electron chi connectivity index (χ1n) is 8.62. The van der Waals surface area contributed by atoms with Crippen LogP contribution in [-0.2, 0) is 11.3 Å². The summed E-state index contributed by atoms with van der Waals surface area (Å²) in [6, 6.07) is 5.07. The fourth-order valence-corrected chi connectivity index (χ4v) is 3.72. The Balaban J connectivity index is 2.32. The summed E-state index contributed by atoms with van der Waals surface area (Å²) in [5, 5.41) is 1.62. The highest BCUT2D eigenvalue weighted by Gasteiger charge is 2.16. The van der Waals surface area contributed by atoms with Gasteiger partial charge in [0.25, 0.3) is 5.56 Å². The minimum absolute atomic E-state index is 0.00369. The van der Waals surface area contributed by atoms with Gasteiger partial charge in [0, 0.05) is 24.7 Å². The molecule has 1 aromatic heterocycles. The Morgan fingerprint density at radius 1 is 1.38 bits per heavy atom. The van der Waals surface area contributed by atoms with Crippen LogP contribution in [0, 0.1) is 0 Å². The summed E-state index contributed by atoms with van der Waals surface area (Å²) in [7, 11) is 0. The summed E-state index contributed by atoms with van der Waals surface area (Å²) in [6.07, 6.45) is 0.804. The summed E-state index contributed by atoms with van der Waals surface area (Å²) in [5.74, 6) is 0.229. The third-order valence-electron chi connectivity index (χ3n) is 3.85. The number of fused-ring (bicyclic) bond motifs is 1. The Morgan fingerprint density at radius 3 is 2.73 bits per heavy atom. The molecule has 7 heteroatoms. The molecule has 0 bridgehead atoms. The van der Waals surface area contributed by atoms with E-state index >= 15 is 0 Å². The van der Waals surface area contributed by atoms with Gasteiger partial charge in [-0.3, -0.25) is 14.2 Å². The summed E-state index contributed by atoms with van der Waals surface area (Å²) >= 11 is 7.32. The van der Waals surface area contributed by atoms with Crippen molar-refractivity contribution in [1.29, 1.82) is 0 Å². The van der Waals surface area contributed by atoms with Gasteiger partial charge in [-0.1, -0.05) is 42.4 Å². The van der Waals surface area contributed by atoms with Crippen LogP contribution in [0.4, 0.5) is 0 Å². The van der Waals surface area contributed by atoms with E-state index in [0.717, 1.165) is 12.0 Å². The number of hydrogen-bond acceptors (Lipinski definition) is 4. The van der Waals surface area contributed by atoms with Crippen molar-refractivity contribution in [1.82, 2.24) is 14.5 Å². The topological polar surface area (TPSA) is 55.2 Å². The normalized spacial score (nSPS) is 10.9. The molecular weight excluding hydrogens is 370 g/mol.